The monoisotopic (exact) mass is 399 g/mol. The summed E-state index contributed by atoms with van der Waals surface area (Å²) < 4.78 is 24.1. The molecule has 0 spiro atoms. The molecule has 2 aliphatic heterocycles. The Balaban J connectivity index is 1.68. The van der Waals surface area contributed by atoms with Crippen LogP contribution >= 0.6 is 11.6 Å². The Hall–Kier alpha value is -1.27. The summed E-state index contributed by atoms with van der Waals surface area (Å²) in [7, 11) is -1.31. The van der Waals surface area contributed by atoms with E-state index >= 15 is 0 Å². The second-order valence-electron chi connectivity index (χ2n) is 6.86. The number of amides is 1. The normalized spacial score (nSPS) is 20.0. The summed E-state index contributed by atoms with van der Waals surface area (Å²) in [6.45, 7) is 4.44. The highest BCUT2D eigenvalue weighted by Crippen LogP contribution is 2.38. The highest BCUT2D eigenvalue weighted by molar-refractivity contribution is 7.85. The van der Waals surface area contributed by atoms with E-state index in [1.165, 1.54) is 0 Å². The fourth-order valence-electron chi connectivity index (χ4n) is 3.32. The van der Waals surface area contributed by atoms with Crippen molar-refractivity contribution in [1.82, 2.24) is 4.90 Å². The first kappa shape index (κ1) is 19.5. The molecular formula is C19H26ClNO4S. The quantitative estimate of drug-likeness (QED) is 0.777. The third-order valence-electron chi connectivity index (χ3n) is 4.83. The molecule has 1 saturated heterocycles. The van der Waals surface area contributed by atoms with E-state index < -0.39 is 16.0 Å². The zero-order valence-electron chi connectivity index (χ0n) is 15.2. The Morgan fingerprint density at radius 3 is 2.58 bits per heavy atom. The zero-order chi connectivity index (χ0) is 18.5. The van der Waals surface area contributed by atoms with Gasteiger partial charge in [-0.1, -0.05) is 24.4 Å². The maximum Gasteiger partial charge on any atom is 0.238 e. The van der Waals surface area contributed by atoms with Gasteiger partial charge in [0.1, 0.15) is 5.25 Å². The van der Waals surface area contributed by atoms with Crippen LogP contribution in [0.2, 0.25) is 5.02 Å². The van der Waals surface area contributed by atoms with E-state index in [4.69, 9.17) is 21.1 Å². The smallest absolute Gasteiger partial charge is 0.238 e. The van der Waals surface area contributed by atoms with Crippen molar-refractivity contribution in [3.05, 3.63) is 22.7 Å². The number of hydrogen-bond acceptors (Lipinski definition) is 4. The molecule has 7 heteroatoms. The molecule has 0 bridgehead atoms. The van der Waals surface area contributed by atoms with Gasteiger partial charge in [-0.2, -0.15) is 0 Å². The summed E-state index contributed by atoms with van der Waals surface area (Å²) in [4.78, 5) is 14.6. The Bertz CT molecular complexity index is 674. The van der Waals surface area contributed by atoms with E-state index in [9.17, 15) is 9.00 Å². The largest absolute Gasteiger partial charge is 0.489 e. The Kier molecular flexibility index (Phi) is 6.81. The lowest BCUT2D eigenvalue weighted by Crippen LogP contribution is -2.40. The highest BCUT2D eigenvalue weighted by atomic mass is 35.5. The molecule has 144 valence electrons. The summed E-state index contributed by atoms with van der Waals surface area (Å²) in [5.74, 6) is 1.41. The molecule has 2 atom stereocenters. The topological polar surface area (TPSA) is 55.8 Å². The molecule has 2 aliphatic rings. The average molecular weight is 400 g/mol. The first-order chi connectivity index (χ1) is 12.6. The molecule has 0 saturated carbocycles. The summed E-state index contributed by atoms with van der Waals surface area (Å²) in [5.41, 5.74) is 0.799. The van der Waals surface area contributed by atoms with Gasteiger partial charge in [-0.05, 0) is 37.5 Å². The predicted molar refractivity (Wildman–Crippen MR) is 103 cm³/mol. The van der Waals surface area contributed by atoms with Gasteiger partial charge in [0.05, 0.1) is 18.2 Å². The molecule has 0 aliphatic carbocycles. The van der Waals surface area contributed by atoms with Gasteiger partial charge < -0.3 is 14.4 Å². The lowest BCUT2D eigenvalue weighted by molar-refractivity contribution is -0.130. The molecule has 26 heavy (non-hydrogen) atoms. The van der Waals surface area contributed by atoms with Crippen molar-refractivity contribution in [2.45, 2.75) is 50.0 Å². The van der Waals surface area contributed by atoms with Crippen LogP contribution in [0.15, 0.2) is 12.1 Å². The third kappa shape index (κ3) is 4.71. The molecule has 2 heterocycles. The molecule has 0 aromatic heterocycles. The van der Waals surface area contributed by atoms with Crippen molar-refractivity contribution in [3.63, 3.8) is 0 Å². The van der Waals surface area contributed by atoms with Crippen molar-refractivity contribution in [2.24, 2.45) is 0 Å². The van der Waals surface area contributed by atoms with Gasteiger partial charge in [0.2, 0.25) is 5.91 Å². The Morgan fingerprint density at radius 1 is 1.15 bits per heavy atom. The van der Waals surface area contributed by atoms with Crippen LogP contribution in [0.1, 0.15) is 44.6 Å². The van der Waals surface area contributed by atoms with Crippen LogP contribution in [0.25, 0.3) is 0 Å². The van der Waals surface area contributed by atoms with Crippen molar-refractivity contribution < 1.29 is 18.5 Å². The fraction of sp³-hybridized carbons (Fsp3) is 0.632. The Morgan fingerprint density at radius 2 is 1.85 bits per heavy atom. The average Bonchev–Trinajstić information content (AvgIpc) is 3.03. The van der Waals surface area contributed by atoms with Crippen LogP contribution in [0.5, 0.6) is 11.5 Å². The lowest BCUT2D eigenvalue weighted by Gasteiger charge is -2.24. The maximum atomic E-state index is 12.8. The van der Waals surface area contributed by atoms with Crippen LogP contribution in [0, 0.1) is 0 Å². The second kappa shape index (κ2) is 9.09. The van der Waals surface area contributed by atoms with E-state index in [-0.39, 0.29) is 11.7 Å². The first-order valence-corrected chi connectivity index (χ1v) is 11.1. The van der Waals surface area contributed by atoms with Crippen molar-refractivity contribution in [1.29, 1.82) is 0 Å². The number of nitrogens with zero attached hydrogens (tertiary/aromatic N) is 1. The van der Waals surface area contributed by atoms with Crippen LogP contribution in [0.4, 0.5) is 0 Å². The minimum Gasteiger partial charge on any atom is -0.489 e. The maximum absolute atomic E-state index is 12.8. The fourth-order valence-corrected chi connectivity index (χ4v) is 4.72. The summed E-state index contributed by atoms with van der Waals surface area (Å²) in [6.07, 6.45) is 5.19. The van der Waals surface area contributed by atoms with Crippen molar-refractivity contribution in [2.75, 3.05) is 26.3 Å². The molecule has 1 aromatic rings. The number of carbonyl (C=O) groups is 1. The lowest BCUT2D eigenvalue weighted by atomic mass is 10.2. The molecular weight excluding hydrogens is 374 g/mol. The molecule has 1 fully saturated rings. The minimum atomic E-state index is -1.31. The standard InChI is InChI=1S/C19H26ClNO4S/c1-14(19(22)21-7-4-2-3-5-8-21)26(23)13-15-11-16(20)18-17(12-15)24-9-6-10-25-18/h11-12,14H,2-10,13H2,1H3/t14-,26-/m1/s1. The Labute approximate surface area is 162 Å². The van der Waals surface area contributed by atoms with Crippen LogP contribution in [0.3, 0.4) is 0 Å². The minimum absolute atomic E-state index is 0.00864. The number of carbonyl (C=O) groups excluding carboxylic acids is 1. The number of hydrogen-bond donors (Lipinski definition) is 0. The van der Waals surface area contributed by atoms with Crippen LogP contribution in [-0.2, 0) is 21.3 Å². The van der Waals surface area contributed by atoms with E-state index in [2.05, 4.69) is 0 Å². The number of likely N-dealkylation sites (tertiary alicyclic amines) is 1. The van der Waals surface area contributed by atoms with Gasteiger partial charge in [-0.3, -0.25) is 9.00 Å². The second-order valence-corrected chi connectivity index (χ2v) is 9.03. The number of rotatable bonds is 4. The summed E-state index contributed by atoms with van der Waals surface area (Å²) in [5, 5.41) is -0.0641. The van der Waals surface area contributed by atoms with Gasteiger partial charge in [-0.15, -0.1) is 0 Å². The van der Waals surface area contributed by atoms with Gasteiger partial charge >= 0.3 is 0 Å². The van der Waals surface area contributed by atoms with E-state index in [0.29, 0.717) is 29.7 Å². The molecule has 0 radical (unpaired) electrons. The van der Waals surface area contributed by atoms with Crippen molar-refractivity contribution >= 4 is 28.3 Å². The molecule has 5 nitrogen and oxygen atoms in total. The van der Waals surface area contributed by atoms with Gasteiger partial charge in [0.15, 0.2) is 11.5 Å². The van der Waals surface area contributed by atoms with E-state index in [1.54, 1.807) is 13.0 Å². The van der Waals surface area contributed by atoms with Gasteiger partial charge in [-0.25, -0.2) is 0 Å². The summed E-state index contributed by atoms with van der Waals surface area (Å²) >= 11 is 6.31. The highest BCUT2D eigenvalue weighted by Gasteiger charge is 2.26. The van der Waals surface area contributed by atoms with E-state index in [1.807, 2.05) is 11.0 Å². The third-order valence-corrected chi connectivity index (χ3v) is 6.72. The SMILES string of the molecule is C[C@H](C(=O)N1CCCCCC1)[S@](=O)Cc1cc(Cl)c2c(c1)OCCCO2. The number of ether oxygens (including phenoxy) is 2. The van der Waals surface area contributed by atoms with Gasteiger partial charge in [0.25, 0.3) is 0 Å². The molecule has 1 aromatic carbocycles. The summed E-state index contributed by atoms with van der Waals surface area (Å²) in [6, 6.07) is 3.59. The molecule has 0 unspecified atom stereocenters. The molecule has 0 N–H and O–H groups in total. The zero-order valence-corrected chi connectivity index (χ0v) is 16.7. The molecule has 1 amide bonds. The number of benzene rings is 1. The first-order valence-electron chi connectivity index (χ1n) is 9.30. The number of halogens is 1. The molecule has 3 rings (SSSR count). The predicted octanol–water partition coefficient (Wildman–Crippen LogP) is 3.54. The van der Waals surface area contributed by atoms with Crippen LogP contribution in [-0.4, -0.2) is 46.6 Å². The van der Waals surface area contributed by atoms with Gasteiger partial charge in [0, 0.05) is 36.1 Å². The number of fused-ring (bicyclic) bond motifs is 1. The van der Waals surface area contributed by atoms with E-state index in [0.717, 1.165) is 50.8 Å². The van der Waals surface area contributed by atoms with Crippen molar-refractivity contribution in [3.8, 4) is 11.5 Å². The van der Waals surface area contributed by atoms with Crippen LogP contribution < -0.4 is 9.47 Å².